The maximum atomic E-state index is 5.98. The lowest BCUT2D eigenvalue weighted by atomic mass is 10.1. The molecule has 0 fully saturated rings. The van der Waals surface area contributed by atoms with Crippen molar-refractivity contribution in [2.75, 3.05) is 13.2 Å². The molecule has 0 saturated carbocycles. The van der Waals surface area contributed by atoms with E-state index in [0.29, 0.717) is 6.61 Å². The number of rotatable bonds is 7. The third kappa shape index (κ3) is 4.50. The Morgan fingerprint density at radius 1 is 0.952 bits per heavy atom. The number of benzene rings is 2. The Morgan fingerprint density at radius 3 is 2.33 bits per heavy atom. The van der Waals surface area contributed by atoms with Crippen LogP contribution in [0.5, 0.6) is 17.2 Å². The van der Waals surface area contributed by atoms with Crippen molar-refractivity contribution in [2.24, 2.45) is 0 Å². The van der Waals surface area contributed by atoms with Crippen molar-refractivity contribution in [3.63, 3.8) is 0 Å². The van der Waals surface area contributed by atoms with Gasteiger partial charge >= 0.3 is 0 Å². The Hall–Kier alpha value is -2.00. The molecule has 0 amide bonds. The first kappa shape index (κ1) is 15.4. The Balaban J connectivity index is 2.10. The van der Waals surface area contributed by atoms with Crippen LogP contribution >= 0.6 is 0 Å². The predicted octanol–water partition coefficient (Wildman–Crippen LogP) is 4.30. The molecule has 0 aliphatic rings. The van der Waals surface area contributed by atoms with Crippen LogP contribution in [-0.2, 0) is 6.54 Å². The fraction of sp³-hybridized carbons (Fsp3) is 0.333. The lowest BCUT2D eigenvalue weighted by Crippen LogP contribution is -2.11. The van der Waals surface area contributed by atoms with Gasteiger partial charge in [-0.3, -0.25) is 0 Å². The van der Waals surface area contributed by atoms with Crippen LogP contribution in [0.2, 0.25) is 0 Å². The van der Waals surface area contributed by atoms with E-state index >= 15 is 0 Å². The van der Waals surface area contributed by atoms with Gasteiger partial charge in [-0.05, 0) is 61.9 Å². The molecule has 0 bridgehead atoms. The van der Waals surface area contributed by atoms with E-state index < -0.39 is 0 Å². The van der Waals surface area contributed by atoms with Crippen LogP contribution in [0.1, 0.15) is 25.0 Å². The van der Waals surface area contributed by atoms with Crippen molar-refractivity contribution >= 4 is 0 Å². The molecule has 2 aromatic carbocycles. The Kier molecular flexibility index (Phi) is 5.64. The second-order valence-electron chi connectivity index (χ2n) is 4.89. The van der Waals surface area contributed by atoms with E-state index in [0.717, 1.165) is 35.9 Å². The van der Waals surface area contributed by atoms with E-state index in [2.05, 4.69) is 37.4 Å². The van der Waals surface area contributed by atoms with Crippen LogP contribution in [-0.4, -0.2) is 13.2 Å². The van der Waals surface area contributed by atoms with Gasteiger partial charge in [-0.25, -0.2) is 0 Å². The van der Waals surface area contributed by atoms with Crippen LogP contribution < -0.4 is 14.8 Å². The normalized spacial score (nSPS) is 10.4. The lowest BCUT2D eigenvalue weighted by molar-refractivity contribution is 0.339. The van der Waals surface area contributed by atoms with Gasteiger partial charge < -0.3 is 14.8 Å². The number of ether oxygens (including phenoxy) is 2. The largest absolute Gasteiger partial charge is 0.494 e. The van der Waals surface area contributed by atoms with Gasteiger partial charge in [0.2, 0.25) is 0 Å². The van der Waals surface area contributed by atoms with Crippen LogP contribution in [0.3, 0.4) is 0 Å². The van der Waals surface area contributed by atoms with Crippen molar-refractivity contribution in [3.8, 4) is 17.2 Å². The first-order valence-corrected chi connectivity index (χ1v) is 7.44. The van der Waals surface area contributed by atoms with E-state index in [-0.39, 0.29) is 0 Å². The van der Waals surface area contributed by atoms with Crippen molar-refractivity contribution < 1.29 is 9.47 Å². The highest BCUT2D eigenvalue weighted by Gasteiger charge is 2.04. The van der Waals surface area contributed by atoms with Gasteiger partial charge in [-0.1, -0.05) is 19.1 Å². The second-order valence-corrected chi connectivity index (χ2v) is 4.89. The summed E-state index contributed by atoms with van der Waals surface area (Å²) in [5, 5.41) is 3.32. The highest BCUT2D eigenvalue weighted by molar-refractivity contribution is 5.41. The van der Waals surface area contributed by atoms with E-state index in [1.807, 2.05) is 31.2 Å². The summed E-state index contributed by atoms with van der Waals surface area (Å²) in [6.45, 7) is 8.63. The molecule has 1 N–H and O–H groups in total. The zero-order chi connectivity index (χ0) is 15.1. The molecule has 0 aromatic heterocycles. The summed E-state index contributed by atoms with van der Waals surface area (Å²) in [6.07, 6.45) is 0. The standard InChI is InChI=1S/C18H23NO2/c1-4-19-13-15-7-6-14(3)18(12-15)21-17-10-8-16(9-11-17)20-5-2/h6-12,19H,4-5,13H2,1-3H3. The minimum atomic E-state index is 0.672. The van der Waals surface area contributed by atoms with Crippen molar-refractivity contribution in [2.45, 2.75) is 27.3 Å². The molecule has 3 heteroatoms. The van der Waals surface area contributed by atoms with Gasteiger partial charge in [0.15, 0.2) is 0 Å². The minimum Gasteiger partial charge on any atom is -0.494 e. The highest BCUT2D eigenvalue weighted by Crippen LogP contribution is 2.27. The third-order valence-corrected chi connectivity index (χ3v) is 3.19. The Bertz CT molecular complexity index is 564. The summed E-state index contributed by atoms with van der Waals surface area (Å²) in [7, 11) is 0. The maximum Gasteiger partial charge on any atom is 0.130 e. The number of nitrogens with one attached hydrogen (secondary N) is 1. The lowest BCUT2D eigenvalue weighted by Gasteiger charge is -2.11. The quantitative estimate of drug-likeness (QED) is 0.823. The van der Waals surface area contributed by atoms with Gasteiger partial charge in [-0.15, -0.1) is 0 Å². The first-order valence-electron chi connectivity index (χ1n) is 7.44. The van der Waals surface area contributed by atoms with Gasteiger partial charge in [0.25, 0.3) is 0 Å². The first-order chi connectivity index (χ1) is 10.2. The average molecular weight is 285 g/mol. The van der Waals surface area contributed by atoms with Gasteiger partial charge in [0.05, 0.1) is 6.61 Å². The molecule has 0 radical (unpaired) electrons. The molecule has 0 heterocycles. The van der Waals surface area contributed by atoms with E-state index in [1.165, 1.54) is 5.56 Å². The molecule has 112 valence electrons. The summed E-state index contributed by atoms with van der Waals surface area (Å²) < 4.78 is 11.4. The van der Waals surface area contributed by atoms with E-state index in [9.17, 15) is 0 Å². The molecule has 0 spiro atoms. The molecular formula is C18H23NO2. The summed E-state index contributed by atoms with van der Waals surface area (Å²) >= 11 is 0. The molecule has 0 unspecified atom stereocenters. The third-order valence-electron chi connectivity index (χ3n) is 3.19. The fourth-order valence-corrected chi connectivity index (χ4v) is 2.03. The highest BCUT2D eigenvalue weighted by atomic mass is 16.5. The van der Waals surface area contributed by atoms with Crippen LogP contribution in [0.4, 0.5) is 0 Å². The van der Waals surface area contributed by atoms with E-state index in [1.54, 1.807) is 0 Å². The Labute approximate surface area is 126 Å². The topological polar surface area (TPSA) is 30.5 Å². The smallest absolute Gasteiger partial charge is 0.130 e. The molecule has 0 aliphatic heterocycles. The van der Waals surface area contributed by atoms with Gasteiger partial charge in [0.1, 0.15) is 17.2 Å². The minimum absolute atomic E-state index is 0.672. The summed E-state index contributed by atoms with van der Waals surface area (Å²) in [6, 6.07) is 14.0. The zero-order valence-electron chi connectivity index (χ0n) is 13.0. The molecule has 0 saturated heterocycles. The number of hydrogen-bond acceptors (Lipinski definition) is 3. The monoisotopic (exact) mass is 285 g/mol. The summed E-state index contributed by atoms with van der Waals surface area (Å²) in [5.74, 6) is 2.58. The average Bonchev–Trinajstić information content (AvgIpc) is 2.50. The molecule has 21 heavy (non-hydrogen) atoms. The zero-order valence-corrected chi connectivity index (χ0v) is 13.0. The second kappa shape index (κ2) is 7.70. The Morgan fingerprint density at radius 2 is 1.67 bits per heavy atom. The number of hydrogen-bond donors (Lipinski definition) is 1. The maximum absolute atomic E-state index is 5.98. The summed E-state index contributed by atoms with van der Waals surface area (Å²) in [5.41, 5.74) is 2.35. The summed E-state index contributed by atoms with van der Waals surface area (Å²) in [4.78, 5) is 0. The number of aryl methyl sites for hydroxylation is 1. The predicted molar refractivity (Wildman–Crippen MR) is 86.2 cm³/mol. The van der Waals surface area contributed by atoms with Gasteiger partial charge in [0, 0.05) is 6.54 Å². The van der Waals surface area contributed by atoms with Crippen LogP contribution in [0, 0.1) is 6.92 Å². The van der Waals surface area contributed by atoms with Crippen molar-refractivity contribution in [3.05, 3.63) is 53.6 Å². The van der Waals surface area contributed by atoms with E-state index in [4.69, 9.17) is 9.47 Å². The van der Waals surface area contributed by atoms with Crippen molar-refractivity contribution in [1.82, 2.24) is 5.32 Å². The van der Waals surface area contributed by atoms with Crippen molar-refractivity contribution in [1.29, 1.82) is 0 Å². The molecule has 2 aromatic rings. The molecular weight excluding hydrogens is 262 g/mol. The molecule has 3 nitrogen and oxygen atoms in total. The molecule has 0 atom stereocenters. The molecule has 2 rings (SSSR count). The molecule has 0 aliphatic carbocycles. The van der Waals surface area contributed by atoms with Crippen LogP contribution in [0.15, 0.2) is 42.5 Å². The SMILES string of the molecule is CCNCc1ccc(C)c(Oc2ccc(OCC)cc2)c1. The van der Waals surface area contributed by atoms with Crippen LogP contribution in [0.25, 0.3) is 0 Å². The fourth-order valence-electron chi connectivity index (χ4n) is 2.03. The van der Waals surface area contributed by atoms with Gasteiger partial charge in [-0.2, -0.15) is 0 Å².